The van der Waals surface area contributed by atoms with Crippen molar-refractivity contribution in [2.75, 3.05) is 17.2 Å². The molecule has 0 amide bonds. The Bertz CT molecular complexity index is 1610. The number of nitrogens with one attached hydrogen (secondary N) is 1. The number of benzene rings is 1. The fourth-order valence-electron chi connectivity index (χ4n) is 5.58. The molecule has 1 fully saturated rings. The Hall–Kier alpha value is -3.46. The van der Waals surface area contributed by atoms with Gasteiger partial charge in [-0.05, 0) is 24.5 Å². The summed E-state index contributed by atoms with van der Waals surface area (Å²) in [5.74, 6) is -0.754. The van der Waals surface area contributed by atoms with E-state index in [4.69, 9.17) is 15.5 Å². The van der Waals surface area contributed by atoms with E-state index in [9.17, 15) is 9.65 Å². The Kier molecular flexibility index (Phi) is 5.71. The smallest absolute Gasteiger partial charge is 0.226 e. The van der Waals surface area contributed by atoms with Crippen molar-refractivity contribution < 1.29 is 13.5 Å². The van der Waals surface area contributed by atoms with Crippen molar-refractivity contribution in [1.29, 1.82) is 5.26 Å². The fraction of sp³-hybridized carbons (Fsp3) is 0.385. The summed E-state index contributed by atoms with van der Waals surface area (Å²) in [7, 11) is 0. The van der Waals surface area contributed by atoms with Crippen LogP contribution in [0.4, 0.5) is 19.7 Å². The summed E-state index contributed by atoms with van der Waals surface area (Å²) in [6.07, 6.45) is 3.63. The van der Waals surface area contributed by atoms with Gasteiger partial charge in [0, 0.05) is 47.2 Å². The first-order valence-corrected chi connectivity index (χ1v) is 13.0. The molecule has 5 heterocycles. The zero-order valence-electron chi connectivity index (χ0n) is 20.6. The molecule has 37 heavy (non-hydrogen) atoms. The summed E-state index contributed by atoms with van der Waals surface area (Å²) in [6, 6.07) is 2.85. The average Bonchev–Trinajstić information content (AvgIpc) is 3.57. The third-order valence-electron chi connectivity index (χ3n) is 7.13. The largest absolute Gasteiger partial charge is 0.389 e. The van der Waals surface area contributed by atoms with Gasteiger partial charge in [-0.25, -0.2) is 18.7 Å². The summed E-state index contributed by atoms with van der Waals surface area (Å²) in [5.41, 5.74) is 7.96. The van der Waals surface area contributed by atoms with Crippen molar-refractivity contribution in [3.05, 3.63) is 40.7 Å². The van der Waals surface area contributed by atoms with E-state index in [1.54, 1.807) is 6.20 Å². The number of rotatable bonds is 4. The average molecular weight is 522 g/mol. The molecule has 3 N–H and O–H groups in total. The number of hydrogen-bond donors (Lipinski definition) is 2. The minimum atomic E-state index is -0.608. The van der Waals surface area contributed by atoms with E-state index in [0.717, 1.165) is 29.5 Å². The fourth-order valence-corrected chi connectivity index (χ4v) is 6.50. The van der Waals surface area contributed by atoms with Gasteiger partial charge in [-0.15, -0.1) is 11.3 Å². The first-order chi connectivity index (χ1) is 17.8. The minimum Gasteiger partial charge on any atom is -0.389 e. The van der Waals surface area contributed by atoms with Gasteiger partial charge in [0.1, 0.15) is 16.6 Å². The Morgan fingerprint density at radius 2 is 2.03 bits per heavy atom. The summed E-state index contributed by atoms with van der Waals surface area (Å²) >= 11 is 0.954. The van der Waals surface area contributed by atoms with Crippen molar-refractivity contribution in [3.63, 3.8) is 0 Å². The van der Waals surface area contributed by atoms with Gasteiger partial charge < -0.3 is 20.7 Å². The lowest BCUT2D eigenvalue weighted by Crippen LogP contribution is -2.37. The molecule has 0 bridgehead atoms. The number of hydrogen-bond acceptors (Lipinski definition) is 9. The second kappa shape index (κ2) is 8.83. The van der Waals surface area contributed by atoms with Crippen LogP contribution in [0.25, 0.3) is 32.2 Å². The topological polar surface area (TPSA) is 113 Å². The predicted molar refractivity (Wildman–Crippen MR) is 139 cm³/mol. The maximum Gasteiger partial charge on any atom is 0.226 e. The lowest BCUT2D eigenvalue weighted by molar-refractivity contribution is 0.135. The van der Waals surface area contributed by atoms with Crippen molar-refractivity contribution in [2.24, 2.45) is 0 Å². The van der Waals surface area contributed by atoms with Crippen LogP contribution in [0.15, 0.2) is 12.4 Å². The van der Waals surface area contributed by atoms with Crippen molar-refractivity contribution in [3.8, 4) is 17.3 Å². The van der Waals surface area contributed by atoms with Crippen LogP contribution in [0.3, 0.4) is 0 Å². The molecule has 0 unspecified atom stereocenters. The lowest BCUT2D eigenvalue weighted by atomic mass is 9.94. The zero-order chi connectivity index (χ0) is 26.0. The number of nitriles is 1. The molecule has 0 radical (unpaired) electrons. The molecule has 8 nitrogen and oxygen atoms in total. The lowest BCUT2D eigenvalue weighted by Gasteiger charge is -2.22. The Morgan fingerprint density at radius 1 is 1.24 bits per heavy atom. The second-order valence-electron chi connectivity index (χ2n) is 9.94. The number of aromatic nitrogens is 3. The van der Waals surface area contributed by atoms with Crippen LogP contribution >= 0.6 is 11.3 Å². The number of anilines is 2. The summed E-state index contributed by atoms with van der Waals surface area (Å²) in [5, 5.41) is 14.2. The highest BCUT2D eigenvalue weighted by molar-refractivity contribution is 7.23. The second-order valence-corrected chi connectivity index (χ2v) is 11.0. The van der Waals surface area contributed by atoms with E-state index in [2.05, 4.69) is 41.0 Å². The minimum absolute atomic E-state index is 0.0899. The van der Waals surface area contributed by atoms with E-state index in [0.29, 0.717) is 29.5 Å². The monoisotopic (exact) mass is 521 g/mol. The van der Waals surface area contributed by atoms with E-state index in [1.807, 2.05) is 6.07 Å². The zero-order valence-corrected chi connectivity index (χ0v) is 21.4. The number of nitrogens with zero attached hydrogens (tertiary/aromatic N) is 5. The normalized spacial score (nSPS) is 19.3. The van der Waals surface area contributed by atoms with E-state index < -0.39 is 11.6 Å². The third kappa shape index (κ3) is 3.70. The maximum absolute atomic E-state index is 16.5. The van der Waals surface area contributed by atoms with Crippen molar-refractivity contribution >= 4 is 43.3 Å². The quantitative estimate of drug-likeness (QED) is 0.400. The van der Waals surface area contributed by atoms with Gasteiger partial charge in [-0.3, -0.25) is 4.98 Å². The summed E-state index contributed by atoms with van der Waals surface area (Å²) < 4.78 is 37.0. The van der Waals surface area contributed by atoms with Crippen molar-refractivity contribution in [2.45, 2.75) is 58.5 Å². The molecule has 1 aromatic carbocycles. The highest BCUT2D eigenvalue weighted by atomic mass is 32.1. The molecule has 6 rings (SSSR count). The number of fused-ring (bicyclic) bond motifs is 4. The van der Waals surface area contributed by atoms with Gasteiger partial charge >= 0.3 is 0 Å². The standard InChI is InChI=1S/C26H25F2N7OS/c1-11(2)33-13-4-12(3)35(8-13)26-32-6-15-16-9-36-10-17(16)19(21(28)22(15)34-26)23-20-14(5-29)25(30)37-24(20)18(27)7-31-23/h6-7,11-13,33H,4,8-10,30H2,1-3H3/t12-,13+/m0/s1. The first kappa shape index (κ1) is 23.9. The van der Waals surface area contributed by atoms with E-state index >= 15 is 4.39 Å². The van der Waals surface area contributed by atoms with Crippen LogP contribution in [-0.4, -0.2) is 39.6 Å². The summed E-state index contributed by atoms with van der Waals surface area (Å²) in [4.78, 5) is 15.7. The van der Waals surface area contributed by atoms with Crippen LogP contribution in [0.2, 0.25) is 0 Å². The third-order valence-corrected chi connectivity index (χ3v) is 8.16. The van der Waals surface area contributed by atoms with Gasteiger partial charge in [-0.2, -0.15) is 5.26 Å². The first-order valence-electron chi connectivity index (χ1n) is 12.2. The van der Waals surface area contributed by atoms with Gasteiger partial charge in [0.15, 0.2) is 11.6 Å². The van der Waals surface area contributed by atoms with Crippen molar-refractivity contribution in [1.82, 2.24) is 20.3 Å². The van der Waals surface area contributed by atoms with Gasteiger partial charge in [0.2, 0.25) is 5.95 Å². The number of thiophene rings is 1. The molecule has 0 aliphatic carbocycles. The Balaban J connectivity index is 1.56. The molecule has 2 atom stereocenters. The molecular weight excluding hydrogens is 496 g/mol. The maximum atomic E-state index is 16.5. The van der Waals surface area contributed by atoms with Gasteiger partial charge in [-0.1, -0.05) is 13.8 Å². The van der Waals surface area contributed by atoms with Crippen LogP contribution in [0, 0.1) is 23.0 Å². The van der Waals surface area contributed by atoms with Gasteiger partial charge in [0.05, 0.1) is 35.4 Å². The number of nitrogens with two attached hydrogens (primary N) is 1. The molecule has 0 spiro atoms. The predicted octanol–water partition coefficient (Wildman–Crippen LogP) is 4.63. The molecule has 4 aromatic rings. The molecule has 2 aliphatic rings. The summed E-state index contributed by atoms with van der Waals surface area (Å²) in [6.45, 7) is 7.47. The SMILES string of the molecule is CC(C)N[C@@H]1C[C@H](C)N(c2ncc3c4c(c(-c5ncc(F)c6sc(N)c(C#N)c56)c(F)c3n2)COC4)C1. The number of pyridine rings is 1. The Morgan fingerprint density at radius 3 is 2.78 bits per heavy atom. The number of nitrogen functional groups attached to an aromatic ring is 1. The van der Waals surface area contributed by atoms with Crippen LogP contribution in [-0.2, 0) is 18.0 Å². The molecule has 0 saturated carbocycles. The molecule has 1 saturated heterocycles. The molecule has 11 heteroatoms. The van der Waals surface area contributed by atoms with Crippen LogP contribution in [0.1, 0.15) is 43.9 Å². The Labute approximate surface area is 216 Å². The van der Waals surface area contributed by atoms with E-state index in [-0.39, 0.29) is 62.7 Å². The molecule has 3 aromatic heterocycles. The molecular formula is C26H25F2N7OS. The number of halogens is 2. The highest BCUT2D eigenvalue weighted by Crippen LogP contribution is 2.45. The van der Waals surface area contributed by atoms with Crippen LogP contribution < -0.4 is 16.0 Å². The highest BCUT2D eigenvalue weighted by Gasteiger charge is 2.33. The van der Waals surface area contributed by atoms with Crippen LogP contribution in [0.5, 0.6) is 0 Å². The van der Waals surface area contributed by atoms with E-state index in [1.165, 1.54) is 0 Å². The molecule has 2 aliphatic heterocycles. The van der Waals surface area contributed by atoms with Gasteiger partial charge in [0.25, 0.3) is 0 Å². The number of ether oxygens (including phenoxy) is 1. The molecule has 190 valence electrons.